The predicted octanol–water partition coefficient (Wildman–Crippen LogP) is 3.89. The Hall–Kier alpha value is -1.94. The first-order valence-electron chi connectivity index (χ1n) is 8.05. The highest BCUT2D eigenvalue weighted by Crippen LogP contribution is 2.46. The number of halogens is 2. The first-order chi connectivity index (χ1) is 11.2. The topological polar surface area (TPSA) is 12.5 Å². The fourth-order valence-corrected chi connectivity index (χ4v) is 3.75. The molecular formula is C19H19F2NO. The number of fused-ring (bicyclic) bond motifs is 2. The van der Waals surface area contributed by atoms with Crippen LogP contribution < -0.4 is 4.74 Å². The summed E-state index contributed by atoms with van der Waals surface area (Å²) in [5.41, 5.74) is 1.99. The van der Waals surface area contributed by atoms with Gasteiger partial charge in [-0.15, -0.1) is 0 Å². The first kappa shape index (κ1) is 14.6. The highest BCUT2D eigenvalue weighted by molar-refractivity contribution is 5.45. The fourth-order valence-electron chi connectivity index (χ4n) is 3.75. The van der Waals surface area contributed by atoms with Gasteiger partial charge in [0.15, 0.2) is 11.6 Å². The van der Waals surface area contributed by atoms with Gasteiger partial charge in [0.05, 0.1) is 6.61 Å². The molecule has 0 unspecified atom stereocenters. The smallest absolute Gasteiger partial charge is 0.162 e. The van der Waals surface area contributed by atoms with Gasteiger partial charge in [0.2, 0.25) is 0 Å². The Balaban J connectivity index is 1.49. The lowest BCUT2D eigenvalue weighted by molar-refractivity contribution is 0.130. The zero-order valence-corrected chi connectivity index (χ0v) is 12.9. The summed E-state index contributed by atoms with van der Waals surface area (Å²) in [5.74, 6) is -1.09. The van der Waals surface area contributed by atoms with Crippen LogP contribution in [0.1, 0.15) is 24.0 Å². The minimum Gasteiger partial charge on any atom is -0.492 e. The van der Waals surface area contributed by atoms with Gasteiger partial charge >= 0.3 is 0 Å². The van der Waals surface area contributed by atoms with Crippen LogP contribution in [0.15, 0.2) is 42.5 Å². The van der Waals surface area contributed by atoms with Crippen molar-refractivity contribution >= 4 is 0 Å². The summed E-state index contributed by atoms with van der Waals surface area (Å²) in [7, 11) is 0. The van der Waals surface area contributed by atoms with Gasteiger partial charge in [-0.05, 0) is 37.6 Å². The molecule has 1 fully saturated rings. The van der Waals surface area contributed by atoms with E-state index in [0.717, 1.165) is 38.0 Å². The van der Waals surface area contributed by atoms with E-state index in [1.165, 1.54) is 17.7 Å². The lowest BCUT2D eigenvalue weighted by Crippen LogP contribution is -2.43. The molecule has 0 atom stereocenters. The summed E-state index contributed by atoms with van der Waals surface area (Å²) in [6.07, 6.45) is 1.83. The summed E-state index contributed by atoms with van der Waals surface area (Å²) in [6.45, 7) is 3.35. The van der Waals surface area contributed by atoms with E-state index in [0.29, 0.717) is 12.4 Å². The van der Waals surface area contributed by atoms with Gasteiger partial charge in [-0.25, -0.2) is 8.78 Å². The van der Waals surface area contributed by atoms with Gasteiger partial charge in [0.1, 0.15) is 5.75 Å². The second-order valence-electron chi connectivity index (χ2n) is 6.59. The van der Waals surface area contributed by atoms with Gasteiger partial charge in [0, 0.05) is 23.6 Å². The van der Waals surface area contributed by atoms with Crippen molar-refractivity contribution in [1.29, 1.82) is 0 Å². The number of rotatable bonds is 2. The lowest BCUT2D eigenvalue weighted by Gasteiger charge is -2.38. The molecule has 23 heavy (non-hydrogen) atoms. The van der Waals surface area contributed by atoms with E-state index in [1.54, 1.807) is 0 Å². The summed E-state index contributed by atoms with van der Waals surface area (Å²) in [6, 6.07) is 12.9. The molecule has 1 spiro atoms. The normalized spacial score (nSPS) is 19.6. The van der Waals surface area contributed by atoms with E-state index in [4.69, 9.17) is 4.74 Å². The van der Waals surface area contributed by atoms with Gasteiger partial charge in [-0.1, -0.05) is 30.3 Å². The Morgan fingerprint density at radius 3 is 2.43 bits per heavy atom. The molecule has 4 rings (SSSR count). The van der Waals surface area contributed by atoms with Crippen molar-refractivity contribution in [2.24, 2.45) is 0 Å². The van der Waals surface area contributed by atoms with E-state index in [-0.39, 0.29) is 5.41 Å². The van der Waals surface area contributed by atoms with Crippen LogP contribution in [0.25, 0.3) is 0 Å². The van der Waals surface area contributed by atoms with Crippen LogP contribution in [0, 0.1) is 11.6 Å². The number of ether oxygens (including phenoxy) is 1. The minimum atomic E-state index is -0.831. The Morgan fingerprint density at radius 2 is 1.70 bits per heavy atom. The molecule has 0 aromatic heterocycles. The highest BCUT2D eigenvalue weighted by atomic mass is 19.2. The standard InChI is InChI=1S/C19H19F2NO/c20-16-10-15-18(11-17(16)21)23-13-19(15)6-8-22(9-7-19)12-14-4-2-1-3-5-14/h1-5,10-11H,6-9,12-13H2. The molecule has 0 aliphatic carbocycles. The first-order valence-corrected chi connectivity index (χ1v) is 8.05. The van der Waals surface area contributed by atoms with Crippen molar-refractivity contribution in [3.05, 3.63) is 65.2 Å². The van der Waals surface area contributed by atoms with Crippen LogP contribution in [0.4, 0.5) is 8.78 Å². The molecule has 2 aromatic carbocycles. The third kappa shape index (κ3) is 2.61. The van der Waals surface area contributed by atoms with Crippen molar-refractivity contribution in [3.63, 3.8) is 0 Å². The maximum Gasteiger partial charge on any atom is 0.162 e. The third-order valence-electron chi connectivity index (χ3n) is 5.16. The zero-order valence-electron chi connectivity index (χ0n) is 12.9. The molecule has 0 amide bonds. The molecular weight excluding hydrogens is 296 g/mol. The third-order valence-corrected chi connectivity index (χ3v) is 5.16. The molecule has 2 heterocycles. The SMILES string of the molecule is Fc1cc2c(cc1F)C1(CCN(Cc3ccccc3)CC1)CO2. The molecule has 1 saturated heterocycles. The zero-order chi connectivity index (χ0) is 15.9. The molecule has 0 N–H and O–H groups in total. The fraction of sp³-hybridized carbons (Fsp3) is 0.368. The quantitative estimate of drug-likeness (QED) is 0.833. The molecule has 2 nitrogen and oxygen atoms in total. The maximum atomic E-state index is 13.6. The van der Waals surface area contributed by atoms with Crippen LogP contribution in [0.2, 0.25) is 0 Å². The van der Waals surface area contributed by atoms with Gasteiger partial charge in [0.25, 0.3) is 0 Å². The molecule has 120 valence electrons. The Labute approximate surface area is 134 Å². The summed E-state index contributed by atoms with van der Waals surface area (Å²) in [5, 5.41) is 0. The summed E-state index contributed by atoms with van der Waals surface area (Å²) < 4.78 is 32.7. The maximum absolute atomic E-state index is 13.6. The van der Waals surface area contributed by atoms with E-state index in [9.17, 15) is 8.78 Å². The number of likely N-dealkylation sites (tertiary alicyclic amines) is 1. The predicted molar refractivity (Wildman–Crippen MR) is 84.5 cm³/mol. The van der Waals surface area contributed by atoms with Crippen LogP contribution in [-0.2, 0) is 12.0 Å². The molecule has 0 bridgehead atoms. The molecule has 2 aliphatic rings. The van der Waals surface area contributed by atoms with E-state index < -0.39 is 11.6 Å². The molecule has 0 saturated carbocycles. The molecule has 4 heteroatoms. The minimum absolute atomic E-state index is 0.156. The second-order valence-corrected chi connectivity index (χ2v) is 6.59. The average molecular weight is 315 g/mol. The van der Waals surface area contributed by atoms with Crippen molar-refractivity contribution in [1.82, 2.24) is 4.90 Å². The number of hydrogen-bond donors (Lipinski definition) is 0. The van der Waals surface area contributed by atoms with Gasteiger partial charge < -0.3 is 4.74 Å². The number of piperidine rings is 1. The average Bonchev–Trinajstić information content (AvgIpc) is 2.89. The molecule has 2 aromatic rings. The van der Waals surface area contributed by atoms with E-state index in [1.807, 2.05) is 6.07 Å². The Morgan fingerprint density at radius 1 is 1.00 bits per heavy atom. The highest BCUT2D eigenvalue weighted by Gasteiger charge is 2.43. The molecule has 0 radical (unpaired) electrons. The second kappa shape index (κ2) is 5.60. The number of benzene rings is 2. The van der Waals surface area contributed by atoms with Crippen LogP contribution in [0.3, 0.4) is 0 Å². The van der Waals surface area contributed by atoms with Gasteiger partial charge in [-0.3, -0.25) is 4.90 Å². The van der Waals surface area contributed by atoms with Crippen molar-refractivity contribution in [2.45, 2.75) is 24.8 Å². The number of hydrogen-bond acceptors (Lipinski definition) is 2. The van der Waals surface area contributed by atoms with Crippen LogP contribution in [0.5, 0.6) is 5.75 Å². The van der Waals surface area contributed by atoms with E-state index in [2.05, 4.69) is 29.2 Å². The lowest BCUT2D eigenvalue weighted by atomic mass is 9.74. The van der Waals surface area contributed by atoms with Crippen LogP contribution >= 0.6 is 0 Å². The van der Waals surface area contributed by atoms with Crippen molar-refractivity contribution in [2.75, 3.05) is 19.7 Å². The summed E-state index contributed by atoms with van der Waals surface area (Å²) in [4.78, 5) is 2.42. The summed E-state index contributed by atoms with van der Waals surface area (Å²) >= 11 is 0. The Bertz CT molecular complexity index is 709. The van der Waals surface area contributed by atoms with Crippen molar-refractivity contribution < 1.29 is 13.5 Å². The Kier molecular flexibility index (Phi) is 3.57. The van der Waals surface area contributed by atoms with Crippen molar-refractivity contribution in [3.8, 4) is 5.75 Å². The largest absolute Gasteiger partial charge is 0.492 e. The number of nitrogens with zero attached hydrogens (tertiary/aromatic N) is 1. The molecule has 2 aliphatic heterocycles. The van der Waals surface area contributed by atoms with E-state index >= 15 is 0 Å². The monoisotopic (exact) mass is 315 g/mol. The van der Waals surface area contributed by atoms with Crippen LogP contribution in [-0.4, -0.2) is 24.6 Å². The van der Waals surface area contributed by atoms with Gasteiger partial charge in [-0.2, -0.15) is 0 Å².